The van der Waals surface area contributed by atoms with E-state index in [0.29, 0.717) is 23.6 Å². The molecule has 2 N–H and O–H groups in total. The average Bonchev–Trinajstić information content (AvgIpc) is 2.14. The fraction of sp³-hybridized carbons (Fsp3) is 0.385. The van der Waals surface area contributed by atoms with Crippen LogP contribution in [0.15, 0.2) is 24.3 Å². The van der Waals surface area contributed by atoms with Crippen molar-refractivity contribution in [2.45, 2.75) is 26.7 Å². The summed E-state index contributed by atoms with van der Waals surface area (Å²) < 4.78 is 0. The first kappa shape index (κ1) is 13.2. The smallest absolute Gasteiger partial charge is 0.307 e. The minimum Gasteiger partial charge on any atom is -0.481 e. The number of benzene rings is 1. The van der Waals surface area contributed by atoms with E-state index in [1.165, 1.54) is 0 Å². The van der Waals surface area contributed by atoms with Crippen molar-refractivity contribution in [2.75, 3.05) is 5.32 Å². The number of carboxylic acids is 1. The monoisotopic (exact) mass is 235 g/mol. The van der Waals surface area contributed by atoms with E-state index in [2.05, 4.69) is 5.32 Å². The zero-order chi connectivity index (χ0) is 12.8. The van der Waals surface area contributed by atoms with Crippen molar-refractivity contribution < 1.29 is 14.7 Å². The van der Waals surface area contributed by atoms with Crippen molar-refractivity contribution in [3.05, 3.63) is 29.8 Å². The minimum absolute atomic E-state index is 0.0338. The summed E-state index contributed by atoms with van der Waals surface area (Å²) in [6, 6.07) is 6.91. The molecule has 1 rings (SSSR count). The van der Waals surface area contributed by atoms with E-state index < -0.39 is 5.97 Å². The van der Waals surface area contributed by atoms with Gasteiger partial charge in [0.15, 0.2) is 0 Å². The summed E-state index contributed by atoms with van der Waals surface area (Å²) in [6.45, 7) is 3.95. The van der Waals surface area contributed by atoms with E-state index in [9.17, 15) is 9.59 Å². The van der Waals surface area contributed by atoms with Gasteiger partial charge in [0.1, 0.15) is 0 Å². The predicted molar refractivity (Wildman–Crippen MR) is 65.9 cm³/mol. The van der Waals surface area contributed by atoms with Crippen molar-refractivity contribution in [2.24, 2.45) is 5.92 Å². The van der Waals surface area contributed by atoms with Crippen LogP contribution >= 0.6 is 0 Å². The number of carbonyl (C=O) groups excluding carboxylic acids is 1. The van der Waals surface area contributed by atoms with Crippen LogP contribution in [0, 0.1) is 5.92 Å². The SMILES string of the molecule is CC(C)CC(=O)Nc1cccc(CC(=O)O)c1. The lowest BCUT2D eigenvalue weighted by atomic mass is 10.1. The van der Waals surface area contributed by atoms with Gasteiger partial charge in [0, 0.05) is 12.1 Å². The number of amides is 1. The van der Waals surface area contributed by atoms with Crippen LogP contribution in [-0.2, 0) is 16.0 Å². The Bertz CT molecular complexity index is 413. The Hall–Kier alpha value is -1.84. The molecule has 92 valence electrons. The highest BCUT2D eigenvalue weighted by atomic mass is 16.4. The number of carboxylic acid groups (broad SMARTS) is 1. The molecule has 0 spiro atoms. The first-order valence-corrected chi connectivity index (χ1v) is 5.58. The van der Waals surface area contributed by atoms with Crippen molar-refractivity contribution >= 4 is 17.6 Å². The lowest BCUT2D eigenvalue weighted by Gasteiger charge is -2.08. The quantitative estimate of drug-likeness (QED) is 0.822. The highest BCUT2D eigenvalue weighted by Crippen LogP contribution is 2.12. The molecule has 17 heavy (non-hydrogen) atoms. The van der Waals surface area contributed by atoms with Gasteiger partial charge in [0.25, 0.3) is 0 Å². The average molecular weight is 235 g/mol. The molecule has 0 unspecified atom stereocenters. The maximum absolute atomic E-state index is 11.5. The van der Waals surface area contributed by atoms with E-state index in [0.717, 1.165) is 0 Å². The third-order valence-electron chi connectivity index (χ3n) is 2.16. The van der Waals surface area contributed by atoms with Crippen LogP contribution in [0.3, 0.4) is 0 Å². The molecule has 0 aliphatic heterocycles. The minimum atomic E-state index is -0.879. The molecule has 1 amide bonds. The van der Waals surface area contributed by atoms with Gasteiger partial charge in [-0.05, 0) is 23.6 Å². The van der Waals surface area contributed by atoms with E-state index in [1.54, 1.807) is 24.3 Å². The van der Waals surface area contributed by atoms with Gasteiger partial charge in [-0.15, -0.1) is 0 Å². The summed E-state index contributed by atoms with van der Waals surface area (Å²) >= 11 is 0. The summed E-state index contributed by atoms with van der Waals surface area (Å²) in [4.78, 5) is 22.1. The highest BCUT2D eigenvalue weighted by Gasteiger charge is 2.06. The van der Waals surface area contributed by atoms with Crippen LogP contribution in [0.5, 0.6) is 0 Å². The van der Waals surface area contributed by atoms with Crippen LogP contribution in [0.4, 0.5) is 5.69 Å². The zero-order valence-corrected chi connectivity index (χ0v) is 10.1. The third kappa shape index (κ3) is 5.15. The second-order valence-electron chi connectivity index (χ2n) is 4.42. The Morgan fingerprint density at radius 3 is 2.65 bits per heavy atom. The number of carbonyl (C=O) groups is 2. The Morgan fingerprint density at radius 2 is 2.06 bits per heavy atom. The molecule has 0 saturated carbocycles. The number of hydrogen-bond acceptors (Lipinski definition) is 2. The third-order valence-corrected chi connectivity index (χ3v) is 2.16. The molecule has 0 aliphatic carbocycles. The maximum Gasteiger partial charge on any atom is 0.307 e. The normalized spacial score (nSPS) is 10.3. The molecule has 4 nitrogen and oxygen atoms in total. The van der Waals surface area contributed by atoms with Gasteiger partial charge in [-0.1, -0.05) is 26.0 Å². The Morgan fingerprint density at radius 1 is 1.35 bits per heavy atom. The van der Waals surface area contributed by atoms with Gasteiger partial charge in [-0.3, -0.25) is 9.59 Å². The second-order valence-corrected chi connectivity index (χ2v) is 4.42. The van der Waals surface area contributed by atoms with Gasteiger partial charge < -0.3 is 10.4 Å². The number of nitrogens with one attached hydrogen (secondary N) is 1. The highest BCUT2D eigenvalue weighted by molar-refractivity contribution is 5.91. The van der Waals surface area contributed by atoms with Crippen LogP contribution in [-0.4, -0.2) is 17.0 Å². The Balaban J connectivity index is 2.65. The molecule has 0 bridgehead atoms. The van der Waals surface area contributed by atoms with Crippen LogP contribution in [0.2, 0.25) is 0 Å². The number of hydrogen-bond donors (Lipinski definition) is 2. The topological polar surface area (TPSA) is 66.4 Å². The first-order valence-electron chi connectivity index (χ1n) is 5.58. The molecule has 1 aromatic carbocycles. The van der Waals surface area contributed by atoms with Gasteiger partial charge in [0.2, 0.25) is 5.91 Å². The Kier molecular flexibility index (Phi) is 4.69. The molecule has 0 saturated heterocycles. The van der Waals surface area contributed by atoms with Crippen LogP contribution in [0.25, 0.3) is 0 Å². The van der Waals surface area contributed by atoms with Crippen LogP contribution in [0.1, 0.15) is 25.8 Å². The first-order chi connectivity index (χ1) is 7.97. The summed E-state index contributed by atoms with van der Waals surface area (Å²) in [7, 11) is 0. The van der Waals surface area contributed by atoms with Crippen molar-refractivity contribution in [1.29, 1.82) is 0 Å². The lowest BCUT2D eigenvalue weighted by Crippen LogP contribution is -2.14. The molecule has 0 heterocycles. The van der Waals surface area contributed by atoms with Crippen LogP contribution < -0.4 is 5.32 Å². The number of aliphatic carboxylic acids is 1. The van der Waals surface area contributed by atoms with E-state index in [-0.39, 0.29) is 12.3 Å². The van der Waals surface area contributed by atoms with E-state index >= 15 is 0 Å². The zero-order valence-electron chi connectivity index (χ0n) is 10.1. The molecule has 0 fully saturated rings. The summed E-state index contributed by atoms with van der Waals surface area (Å²) in [6.07, 6.45) is 0.428. The number of rotatable bonds is 5. The van der Waals surface area contributed by atoms with Gasteiger partial charge in [-0.25, -0.2) is 0 Å². The predicted octanol–water partition coefficient (Wildman–Crippen LogP) is 2.30. The maximum atomic E-state index is 11.5. The van der Waals surface area contributed by atoms with E-state index in [4.69, 9.17) is 5.11 Å². The summed E-state index contributed by atoms with van der Waals surface area (Å²) in [5.74, 6) is -0.625. The molecule has 4 heteroatoms. The molecule has 0 atom stereocenters. The van der Waals surface area contributed by atoms with Crippen molar-refractivity contribution in [1.82, 2.24) is 0 Å². The van der Waals surface area contributed by atoms with E-state index in [1.807, 2.05) is 13.8 Å². The Labute approximate surface area is 101 Å². The lowest BCUT2D eigenvalue weighted by molar-refractivity contribution is -0.136. The fourth-order valence-corrected chi connectivity index (χ4v) is 1.52. The molecule has 0 radical (unpaired) electrons. The van der Waals surface area contributed by atoms with Gasteiger partial charge >= 0.3 is 5.97 Å². The molecular formula is C13H17NO3. The molecular weight excluding hydrogens is 218 g/mol. The largest absolute Gasteiger partial charge is 0.481 e. The summed E-state index contributed by atoms with van der Waals surface area (Å²) in [5, 5.41) is 11.4. The van der Waals surface area contributed by atoms with Gasteiger partial charge in [-0.2, -0.15) is 0 Å². The second kappa shape index (κ2) is 6.03. The van der Waals surface area contributed by atoms with Crippen molar-refractivity contribution in [3.63, 3.8) is 0 Å². The standard InChI is InChI=1S/C13H17NO3/c1-9(2)6-12(15)14-11-5-3-4-10(7-11)8-13(16)17/h3-5,7,9H,6,8H2,1-2H3,(H,14,15)(H,16,17). The number of anilines is 1. The summed E-state index contributed by atoms with van der Waals surface area (Å²) in [5.41, 5.74) is 1.33. The molecule has 0 aliphatic rings. The molecule has 0 aromatic heterocycles. The fourth-order valence-electron chi connectivity index (χ4n) is 1.52. The molecule has 1 aromatic rings. The van der Waals surface area contributed by atoms with Gasteiger partial charge in [0.05, 0.1) is 6.42 Å². The van der Waals surface area contributed by atoms with Crippen molar-refractivity contribution in [3.8, 4) is 0 Å².